The highest BCUT2D eigenvalue weighted by atomic mass is 16.4. The summed E-state index contributed by atoms with van der Waals surface area (Å²) in [7, 11) is 0. The Labute approximate surface area is 106 Å². The number of phenols is 1. The van der Waals surface area contributed by atoms with E-state index in [4.69, 9.17) is 5.11 Å². The number of carboxylic acid groups (broad SMARTS) is 1. The van der Waals surface area contributed by atoms with Crippen LogP contribution in [0, 0.1) is 0 Å². The molecule has 0 aliphatic carbocycles. The molecule has 1 heterocycles. The largest absolute Gasteiger partial charge is 0.506 e. The molecule has 0 saturated heterocycles. The Morgan fingerprint density at radius 2 is 2.16 bits per heavy atom. The van der Waals surface area contributed by atoms with Crippen molar-refractivity contribution in [1.82, 2.24) is 20.2 Å². The number of amides is 1. The molecule has 0 atom stereocenters. The molecule has 9 heteroatoms. The quantitative estimate of drug-likeness (QED) is 0.646. The maximum atomic E-state index is 11.6. The first-order valence-corrected chi connectivity index (χ1v) is 5.13. The number of benzene rings is 1. The summed E-state index contributed by atoms with van der Waals surface area (Å²) in [6.45, 7) is -0.118. The van der Waals surface area contributed by atoms with Crippen molar-refractivity contribution in [2.45, 2.75) is 6.54 Å². The fourth-order valence-electron chi connectivity index (χ4n) is 1.36. The number of anilines is 1. The van der Waals surface area contributed by atoms with Crippen LogP contribution in [0.4, 0.5) is 5.69 Å². The SMILES string of the molecule is O=C(Cn1cnnn1)Nc1ccc(C(=O)O)cc1O. The van der Waals surface area contributed by atoms with Gasteiger partial charge in [0.2, 0.25) is 5.91 Å². The van der Waals surface area contributed by atoms with E-state index in [2.05, 4.69) is 20.8 Å². The van der Waals surface area contributed by atoms with E-state index < -0.39 is 11.9 Å². The second kappa shape index (κ2) is 5.12. The molecule has 3 N–H and O–H groups in total. The van der Waals surface area contributed by atoms with Gasteiger partial charge < -0.3 is 15.5 Å². The number of rotatable bonds is 4. The minimum atomic E-state index is -1.16. The molecule has 2 rings (SSSR count). The van der Waals surface area contributed by atoms with Gasteiger partial charge in [-0.3, -0.25) is 4.79 Å². The Kier molecular flexibility index (Phi) is 3.37. The molecular weight excluding hydrogens is 254 g/mol. The normalized spacial score (nSPS) is 10.1. The van der Waals surface area contributed by atoms with Crippen molar-refractivity contribution in [2.24, 2.45) is 0 Å². The first-order valence-electron chi connectivity index (χ1n) is 5.13. The van der Waals surface area contributed by atoms with Crippen molar-refractivity contribution in [3.05, 3.63) is 30.1 Å². The van der Waals surface area contributed by atoms with E-state index in [0.29, 0.717) is 0 Å². The molecule has 0 spiro atoms. The molecular formula is C10H9N5O4. The van der Waals surface area contributed by atoms with Crippen LogP contribution in [0.15, 0.2) is 24.5 Å². The van der Waals surface area contributed by atoms with Crippen molar-refractivity contribution in [1.29, 1.82) is 0 Å². The molecule has 1 aromatic heterocycles. The summed E-state index contributed by atoms with van der Waals surface area (Å²) in [5, 5.41) is 31.0. The van der Waals surface area contributed by atoms with Crippen LogP contribution in [0.5, 0.6) is 5.75 Å². The first-order chi connectivity index (χ1) is 9.06. The highest BCUT2D eigenvalue weighted by Gasteiger charge is 2.10. The lowest BCUT2D eigenvalue weighted by atomic mass is 10.2. The first kappa shape index (κ1) is 12.5. The lowest BCUT2D eigenvalue weighted by Gasteiger charge is -2.07. The van der Waals surface area contributed by atoms with E-state index in [0.717, 1.165) is 6.07 Å². The molecule has 0 saturated carbocycles. The monoisotopic (exact) mass is 263 g/mol. The molecule has 0 bridgehead atoms. The topological polar surface area (TPSA) is 130 Å². The maximum Gasteiger partial charge on any atom is 0.335 e. The second-order valence-corrected chi connectivity index (χ2v) is 3.59. The van der Waals surface area contributed by atoms with Gasteiger partial charge in [0.05, 0.1) is 11.3 Å². The smallest absolute Gasteiger partial charge is 0.335 e. The third-order valence-electron chi connectivity index (χ3n) is 2.22. The minimum Gasteiger partial charge on any atom is -0.506 e. The van der Waals surface area contributed by atoms with Crippen molar-refractivity contribution in [2.75, 3.05) is 5.32 Å². The average molecular weight is 263 g/mol. The summed E-state index contributed by atoms with van der Waals surface area (Å²) in [5.41, 5.74) is 0.0408. The Morgan fingerprint density at radius 3 is 2.74 bits per heavy atom. The number of aromatic carboxylic acids is 1. The van der Waals surface area contributed by atoms with Gasteiger partial charge in [-0.05, 0) is 28.6 Å². The van der Waals surface area contributed by atoms with Gasteiger partial charge in [0.25, 0.3) is 0 Å². The number of carboxylic acids is 1. The fourth-order valence-corrected chi connectivity index (χ4v) is 1.36. The Balaban J connectivity index is 2.07. The van der Waals surface area contributed by atoms with Crippen LogP contribution < -0.4 is 5.32 Å². The van der Waals surface area contributed by atoms with Gasteiger partial charge in [-0.2, -0.15) is 0 Å². The standard InChI is InChI=1S/C10H9N5O4/c16-8-3-6(10(18)19)1-2-7(8)12-9(17)4-15-5-11-13-14-15/h1-3,5,16H,4H2,(H,12,17)(H,18,19). The van der Waals surface area contributed by atoms with Gasteiger partial charge in [0.1, 0.15) is 18.6 Å². The third kappa shape index (κ3) is 3.03. The number of aromatic hydroxyl groups is 1. The zero-order valence-corrected chi connectivity index (χ0v) is 9.52. The summed E-state index contributed by atoms with van der Waals surface area (Å²) in [4.78, 5) is 22.3. The minimum absolute atomic E-state index is 0.0732. The number of hydrogen-bond donors (Lipinski definition) is 3. The summed E-state index contributed by atoms with van der Waals surface area (Å²) in [6, 6.07) is 3.62. The number of carbonyl (C=O) groups excluding carboxylic acids is 1. The highest BCUT2D eigenvalue weighted by Crippen LogP contribution is 2.24. The number of carbonyl (C=O) groups is 2. The Bertz CT molecular complexity index is 610. The molecule has 2 aromatic rings. The molecule has 0 radical (unpaired) electrons. The van der Waals surface area contributed by atoms with E-state index >= 15 is 0 Å². The molecule has 1 amide bonds. The molecule has 0 unspecified atom stereocenters. The van der Waals surface area contributed by atoms with E-state index in [1.165, 1.54) is 23.1 Å². The Morgan fingerprint density at radius 1 is 1.37 bits per heavy atom. The van der Waals surface area contributed by atoms with Crippen molar-refractivity contribution in [3.63, 3.8) is 0 Å². The molecule has 0 aliphatic heterocycles. The van der Waals surface area contributed by atoms with Crippen LogP contribution in [0.1, 0.15) is 10.4 Å². The fraction of sp³-hybridized carbons (Fsp3) is 0.100. The second-order valence-electron chi connectivity index (χ2n) is 3.59. The highest BCUT2D eigenvalue weighted by molar-refractivity contribution is 5.94. The Hall–Kier alpha value is -2.97. The van der Waals surface area contributed by atoms with Crippen LogP contribution in [-0.2, 0) is 11.3 Å². The van der Waals surface area contributed by atoms with Crippen LogP contribution in [-0.4, -0.2) is 42.3 Å². The molecule has 9 nitrogen and oxygen atoms in total. The summed E-state index contributed by atoms with van der Waals surface area (Å²) in [6.07, 6.45) is 1.27. The van der Waals surface area contributed by atoms with E-state index in [9.17, 15) is 14.7 Å². The summed E-state index contributed by atoms with van der Waals surface area (Å²) in [5.74, 6) is -1.95. The number of nitrogens with one attached hydrogen (secondary N) is 1. The van der Waals surface area contributed by atoms with E-state index in [1.54, 1.807) is 0 Å². The number of phenolic OH excluding ortho intramolecular Hbond substituents is 1. The summed E-state index contributed by atoms with van der Waals surface area (Å²) >= 11 is 0. The van der Waals surface area contributed by atoms with Crippen LogP contribution >= 0.6 is 0 Å². The maximum absolute atomic E-state index is 11.6. The zero-order valence-electron chi connectivity index (χ0n) is 9.52. The van der Waals surface area contributed by atoms with Gasteiger partial charge in [0.15, 0.2) is 0 Å². The third-order valence-corrected chi connectivity index (χ3v) is 2.22. The number of nitrogens with zero attached hydrogens (tertiary/aromatic N) is 4. The number of hydrogen-bond acceptors (Lipinski definition) is 6. The molecule has 0 aliphatic rings. The molecule has 19 heavy (non-hydrogen) atoms. The van der Waals surface area contributed by atoms with Gasteiger partial charge in [-0.25, -0.2) is 9.48 Å². The van der Waals surface area contributed by atoms with Crippen molar-refractivity contribution >= 4 is 17.6 Å². The summed E-state index contributed by atoms with van der Waals surface area (Å²) < 4.78 is 1.21. The van der Waals surface area contributed by atoms with Gasteiger partial charge in [-0.15, -0.1) is 5.10 Å². The lowest BCUT2D eigenvalue weighted by molar-refractivity contribution is -0.116. The number of aromatic nitrogens is 4. The van der Waals surface area contributed by atoms with Gasteiger partial charge >= 0.3 is 5.97 Å². The van der Waals surface area contributed by atoms with E-state index in [1.807, 2.05) is 0 Å². The van der Waals surface area contributed by atoms with Crippen LogP contribution in [0.2, 0.25) is 0 Å². The zero-order chi connectivity index (χ0) is 13.8. The van der Waals surface area contributed by atoms with Crippen LogP contribution in [0.3, 0.4) is 0 Å². The lowest BCUT2D eigenvalue weighted by Crippen LogP contribution is -2.19. The van der Waals surface area contributed by atoms with Crippen LogP contribution in [0.25, 0.3) is 0 Å². The molecule has 1 aromatic carbocycles. The predicted octanol–water partition coefficient (Wildman–Crippen LogP) is -0.284. The molecule has 0 fully saturated rings. The van der Waals surface area contributed by atoms with Crippen molar-refractivity contribution in [3.8, 4) is 5.75 Å². The van der Waals surface area contributed by atoms with Gasteiger partial charge in [0, 0.05) is 0 Å². The average Bonchev–Trinajstić information content (AvgIpc) is 2.84. The van der Waals surface area contributed by atoms with Crippen molar-refractivity contribution < 1.29 is 19.8 Å². The predicted molar refractivity (Wildman–Crippen MR) is 61.5 cm³/mol. The molecule has 98 valence electrons. The number of tetrazole rings is 1. The van der Waals surface area contributed by atoms with Gasteiger partial charge in [-0.1, -0.05) is 0 Å². The van der Waals surface area contributed by atoms with E-state index in [-0.39, 0.29) is 23.5 Å².